The van der Waals surface area contributed by atoms with E-state index in [-0.39, 0.29) is 23.1 Å². The van der Waals surface area contributed by atoms with E-state index in [0.717, 1.165) is 11.1 Å². The predicted molar refractivity (Wildman–Crippen MR) is 87.2 cm³/mol. The molecule has 0 bridgehead atoms. The van der Waals surface area contributed by atoms with Gasteiger partial charge in [-0.15, -0.1) is 0 Å². The fourth-order valence-electron chi connectivity index (χ4n) is 2.79. The van der Waals surface area contributed by atoms with Crippen LogP contribution in [-0.2, 0) is 4.74 Å². The van der Waals surface area contributed by atoms with Crippen LogP contribution in [0.3, 0.4) is 0 Å². The number of rotatable bonds is 3. The number of benzene rings is 2. The standard InChI is InChI=1S/C19H22O3/c1-19(2,3)17(14-9-11-16(20)12-10-14)13-5-7-15(8-6-13)18(21)22-4/h5-12,17,20H,1-4H3. The van der Waals surface area contributed by atoms with Gasteiger partial charge in [0.25, 0.3) is 0 Å². The van der Waals surface area contributed by atoms with Crippen LogP contribution in [0.25, 0.3) is 0 Å². The minimum absolute atomic E-state index is 0.00372. The van der Waals surface area contributed by atoms with Crippen molar-refractivity contribution in [3.05, 3.63) is 65.2 Å². The Balaban J connectivity index is 2.42. The first-order chi connectivity index (χ1) is 10.3. The fourth-order valence-corrected chi connectivity index (χ4v) is 2.79. The Morgan fingerprint density at radius 2 is 1.41 bits per heavy atom. The summed E-state index contributed by atoms with van der Waals surface area (Å²) in [5.41, 5.74) is 2.82. The highest BCUT2D eigenvalue weighted by Crippen LogP contribution is 2.40. The third kappa shape index (κ3) is 3.48. The molecule has 0 saturated carbocycles. The number of hydrogen-bond acceptors (Lipinski definition) is 3. The summed E-state index contributed by atoms with van der Waals surface area (Å²) >= 11 is 0. The number of ether oxygens (including phenoxy) is 1. The maximum atomic E-state index is 11.5. The number of hydrogen-bond donors (Lipinski definition) is 1. The highest BCUT2D eigenvalue weighted by Gasteiger charge is 2.28. The van der Waals surface area contributed by atoms with Crippen molar-refractivity contribution in [2.75, 3.05) is 7.11 Å². The van der Waals surface area contributed by atoms with Gasteiger partial charge in [0.1, 0.15) is 5.75 Å². The van der Waals surface area contributed by atoms with Gasteiger partial charge in [0.2, 0.25) is 0 Å². The lowest BCUT2D eigenvalue weighted by molar-refractivity contribution is 0.0600. The first-order valence-electron chi connectivity index (χ1n) is 7.30. The van der Waals surface area contributed by atoms with Crippen LogP contribution in [-0.4, -0.2) is 18.2 Å². The van der Waals surface area contributed by atoms with E-state index >= 15 is 0 Å². The van der Waals surface area contributed by atoms with Crippen molar-refractivity contribution in [3.8, 4) is 5.75 Å². The molecule has 1 unspecified atom stereocenters. The Kier molecular flexibility index (Phi) is 4.55. The number of carbonyl (C=O) groups excluding carboxylic acids is 1. The van der Waals surface area contributed by atoms with Gasteiger partial charge in [-0.1, -0.05) is 45.0 Å². The molecule has 1 N–H and O–H groups in total. The Morgan fingerprint density at radius 1 is 0.955 bits per heavy atom. The summed E-state index contributed by atoms with van der Waals surface area (Å²) in [6, 6.07) is 14.8. The lowest BCUT2D eigenvalue weighted by atomic mass is 9.72. The van der Waals surface area contributed by atoms with Gasteiger partial charge in [-0.3, -0.25) is 0 Å². The molecule has 2 rings (SSSR count). The molecule has 2 aromatic rings. The Hall–Kier alpha value is -2.29. The highest BCUT2D eigenvalue weighted by atomic mass is 16.5. The summed E-state index contributed by atoms with van der Waals surface area (Å²) in [6.07, 6.45) is 0. The van der Waals surface area contributed by atoms with Crippen LogP contribution in [0.2, 0.25) is 0 Å². The van der Waals surface area contributed by atoms with Crippen LogP contribution in [0.4, 0.5) is 0 Å². The molecule has 0 fully saturated rings. The molecule has 0 aliphatic rings. The molecule has 0 aliphatic heterocycles. The molecule has 1 atom stereocenters. The van der Waals surface area contributed by atoms with Crippen LogP contribution in [0, 0.1) is 5.41 Å². The number of aromatic hydroxyl groups is 1. The van der Waals surface area contributed by atoms with Crippen molar-refractivity contribution in [2.24, 2.45) is 5.41 Å². The van der Waals surface area contributed by atoms with Crippen LogP contribution in [0.5, 0.6) is 5.75 Å². The van der Waals surface area contributed by atoms with Crippen LogP contribution in [0.1, 0.15) is 48.2 Å². The van der Waals surface area contributed by atoms with Gasteiger partial charge in [-0.2, -0.15) is 0 Å². The zero-order valence-electron chi connectivity index (χ0n) is 13.5. The van der Waals surface area contributed by atoms with E-state index in [2.05, 4.69) is 20.8 Å². The van der Waals surface area contributed by atoms with Crippen molar-refractivity contribution in [3.63, 3.8) is 0 Å². The second-order valence-corrected chi connectivity index (χ2v) is 6.50. The van der Waals surface area contributed by atoms with E-state index in [1.54, 1.807) is 24.3 Å². The van der Waals surface area contributed by atoms with Gasteiger partial charge in [0.05, 0.1) is 12.7 Å². The van der Waals surface area contributed by atoms with E-state index in [1.807, 2.05) is 24.3 Å². The van der Waals surface area contributed by atoms with Gasteiger partial charge in [-0.25, -0.2) is 4.79 Å². The SMILES string of the molecule is COC(=O)c1ccc(C(c2ccc(O)cc2)C(C)(C)C)cc1. The van der Waals surface area contributed by atoms with Gasteiger partial charge in [0.15, 0.2) is 0 Å². The molecule has 0 heterocycles. The molecule has 116 valence electrons. The smallest absolute Gasteiger partial charge is 0.337 e. The lowest BCUT2D eigenvalue weighted by Gasteiger charge is -2.32. The summed E-state index contributed by atoms with van der Waals surface area (Å²) < 4.78 is 4.73. The van der Waals surface area contributed by atoms with Crippen molar-refractivity contribution in [2.45, 2.75) is 26.7 Å². The summed E-state index contributed by atoms with van der Waals surface area (Å²) in [5, 5.41) is 9.49. The third-order valence-electron chi connectivity index (χ3n) is 3.76. The van der Waals surface area contributed by atoms with E-state index in [0.29, 0.717) is 5.56 Å². The fraction of sp³-hybridized carbons (Fsp3) is 0.316. The minimum Gasteiger partial charge on any atom is -0.508 e. The normalized spacial score (nSPS) is 12.7. The van der Waals surface area contributed by atoms with Gasteiger partial charge < -0.3 is 9.84 Å². The summed E-state index contributed by atoms with van der Waals surface area (Å²) in [7, 11) is 1.38. The average Bonchev–Trinajstić information content (AvgIpc) is 2.48. The van der Waals surface area contributed by atoms with Gasteiger partial charge in [-0.05, 0) is 40.8 Å². The van der Waals surface area contributed by atoms with Crippen LogP contribution < -0.4 is 0 Å². The second-order valence-electron chi connectivity index (χ2n) is 6.50. The van der Waals surface area contributed by atoms with Crippen molar-refractivity contribution < 1.29 is 14.6 Å². The molecule has 2 aromatic carbocycles. The number of phenolic OH excluding ortho intramolecular Hbond substituents is 1. The molecule has 0 aromatic heterocycles. The molecular formula is C19H22O3. The lowest BCUT2D eigenvalue weighted by Crippen LogP contribution is -2.19. The van der Waals surface area contributed by atoms with E-state index in [1.165, 1.54) is 7.11 Å². The van der Waals surface area contributed by atoms with E-state index < -0.39 is 0 Å². The van der Waals surface area contributed by atoms with Gasteiger partial charge in [0, 0.05) is 5.92 Å². The first kappa shape index (κ1) is 16.1. The summed E-state index contributed by atoms with van der Waals surface area (Å²) in [4.78, 5) is 11.5. The quantitative estimate of drug-likeness (QED) is 0.857. The second kappa shape index (κ2) is 6.22. The van der Waals surface area contributed by atoms with Crippen LogP contribution >= 0.6 is 0 Å². The zero-order chi connectivity index (χ0) is 16.3. The highest BCUT2D eigenvalue weighted by molar-refractivity contribution is 5.89. The Morgan fingerprint density at radius 3 is 1.82 bits per heavy atom. The topological polar surface area (TPSA) is 46.5 Å². The number of esters is 1. The van der Waals surface area contributed by atoms with Crippen molar-refractivity contribution in [1.29, 1.82) is 0 Å². The van der Waals surface area contributed by atoms with E-state index in [4.69, 9.17) is 4.74 Å². The molecule has 0 saturated heterocycles. The number of methoxy groups -OCH3 is 1. The van der Waals surface area contributed by atoms with Crippen molar-refractivity contribution in [1.82, 2.24) is 0 Å². The summed E-state index contributed by atoms with van der Waals surface area (Å²) in [6.45, 7) is 6.54. The number of carbonyl (C=O) groups is 1. The molecule has 0 radical (unpaired) electrons. The first-order valence-corrected chi connectivity index (χ1v) is 7.30. The Labute approximate surface area is 131 Å². The maximum Gasteiger partial charge on any atom is 0.337 e. The predicted octanol–water partition coefficient (Wildman–Crippen LogP) is 4.36. The average molecular weight is 298 g/mol. The monoisotopic (exact) mass is 298 g/mol. The number of phenols is 1. The Bertz CT molecular complexity index is 634. The molecule has 0 spiro atoms. The van der Waals surface area contributed by atoms with Crippen LogP contribution in [0.15, 0.2) is 48.5 Å². The molecule has 3 nitrogen and oxygen atoms in total. The summed E-state index contributed by atoms with van der Waals surface area (Å²) in [5.74, 6) is 0.0979. The van der Waals surface area contributed by atoms with E-state index in [9.17, 15) is 9.90 Å². The van der Waals surface area contributed by atoms with Crippen molar-refractivity contribution >= 4 is 5.97 Å². The minimum atomic E-state index is -0.330. The molecule has 22 heavy (non-hydrogen) atoms. The molecule has 0 amide bonds. The zero-order valence-corrected chi connectivity index (χ0v) is 13.5. The largest absolute Gasteiger partial charge is 0.508 e. The van der Waals surface area contributed by atoms with Gasteiger partial charge >= 0.3 is 5.97 Å². The molecule has 0 aliphatic carbocycles. The third-order valence-corrected chi connectivity index (χ3v) is 3.76. The molecule has 3 heteroatoms. The molecular weight excluding hydrogens is 276 g/mol. The maximum absolute atomic E-state index is 11.5.